The first kappa shape index (κ1) is 14.5. The highest BCUT2D eigenvalue weighted by atomic mass is 14.0. The van der Waals surface area contributed by atoms with Crippen molar-refractivity contribution in [3.05, 3.63) is 23.8 Å². The molecule has 0 heteroatoms. The molecule has 0 aromatic carbocycles. The summed E-state index contributed by atoms with van der Waals surface area (Å²) in [6.07, 6.45) is 12.1. The Kier molecular flexibility index (Phi) is 8.46. The molecule has 0 aromatic rings. The molecule has 0 rings (SSSR count). The van der Waals surface area contributed by atoms with Crippen LogP contribution < -0.4 is 0 Å². The monoisotopic (exact) mass is 208 g/mol. The molecular formula is C15H28. The quantitative estimate of drug-likeness (QED) is 0.494. The molecule has 88 valence electrons. The van der Waals surface area contributed by atoms with Crippen molar-refractivity contribution in [1.82, 2.24) is 0 Å². The molecule has 0 aliphatic rings. The predicted molar refractivity (Wildman–Crippen MR) is 71.0 cm³/mol. The molecule has 0 aliphatic heterocycles. The van der Waals surface area contributed by atoms with Gasteiger partial charge in [-0.15, -0.1) is 0 Å². The molecule has 0 amide bonds. The highest BCUT2D eigenvalue weighted by molar-refractivity contribution is 4.93. The molecular weight excluding hydrogens is 180 g/mol. The van der Waals surface area contributed by atoms with E-state index in [1.807, 2.05) is 0 Å². The maximum absolute atomic E-state index is 2.36. The van der Waals surface area contributed by atoms with E-state index < -0.39 is 0 Å². The van der Waals surface area contributed by atoms with Crippen LogP contribution in [0.2, 0.25) is 0 Å². The minimum atomic E-state index is 0.745. The molecule has 15 heavy (non-hydrogen) atoms. The standard InChI is InChI=1S/C15H28/c1-6-14(4)10-8-12-15(5)11-7-9-13(2)3/h8-10,14-15H,6-7,11-12H2,1-5H3/b10-8+. The number of rotatable bonds is 7. The van der Waals surface area contributed by atoms with E-state index in [9.17, 15) is 0 Å². The lowest BCUT2D eigenvalue weighted by Gasteiger charge is -2.07. The summed E-state index contributed by atoms with van der Waals surface area (Å²) in [5.74, 6) is 1.57. The van der Waals surface area contributed by atoms with Gasteiger partial charge in [-0.2, -0.15) is 0 Å². The lowest BCUT2D eigenvalue weighted by Crippen LogP contribution is -1.92. The van der Waals surface area contributed by atoms with Gasteiger partial charge in [0.25, 0.3) is 0 Å². The van der Waals surface area contributed by atoms with Crippen LogP contribution in [0.3, 0.4) is 0 Å². The summed E-state index contributed by atoms with van der Waals surface area (Å²) in [5.41, 5.74) is 1.44. The normalized spacial score (nSPS) is 15.3. The van der Waals surface area contributed by atoms with Gasteiger partial charge in [-0.1, -0.05) is 51.0 Å². The van der Waals surface area contributed by atoms with E-state index in [0.29, 0.717) is 0 Å². The van der Waals surface area contributed by atoms with Crippen LogP contribution in [0.15, 0.2) is 23.8 Å². The summed E-state index contributed by atoms with van der Waals surface area (Å²) in [5, 5.41) is 0. The van der Waals surface area contributed by atoms with Gasteiger partial charge in [-0.3, -0.25) is 0 Å². The van der Waals surface area contributed by atoms with Crippen LogP contribution in [0, 0.1) is 11.8 Å². The van der Waals surface area contributed by atoms with Gasteiger partial charge in [-0.05, 0) is 44.9 Å². The van der Waals surface area contributed by atoms with Gasteiger partial charge in [0.05, 0.1) is 0 Å². The van der Waals surface area contributed by atoms with E-state index in [-0.39, 0.29) is 0 Å². The molecule has 2 unspecified atom stereocenters. The Bertz CT molecular complexity index is 194. The van der Waals surface area contributed by atoms with Gasteiger partial charge < -0.3 is 0 Å². The molecule has 0 heterocycles. The molecule has 0 N–H and O–H groups in total. The Morgan fingerprint density at radius 2 is 1.87 bits per heavy atom. The van der Waals surface area contributed by atoms with Gasteiger partial charge >= 0.3 is 0 Å². The second-order valence-corrected chi connectivity index (χ2v) is 5.01. The van der Waals surface area contributed by atoms with E-state index >= 15 is 0 Å². The van der Waals surface area contributed by atoms with Gasteiger partial charge in [0, 0.05) is 0 Å². The van der Waals surface area contributed by atoms with E-state index in [1.165, 1.54) is 31.3 Å². The van der Waals surface area contributed by atoms with Gasteiger partial charge in [-0.25, -0.2) is 0 Å². The lowest BCUT2D eigenvalue weighted by molar-refractivity contribution is 0.543. The van der Waals surface area contributed by atoms with Crippen molar-refractivity contribution in [2.24, 2.45) is 11.8 Å². The third-order valence-electron chi connectivity index (χ3n) is 2.86. The highest BCUT2D eigenvalue weighted by Gasteiger charge is 1.98. The van der Waals surface area contributed by atoms with Crippen molar-refractivity contribution >= 4 is 0 Å². The molecule has 0 saturated carbocycles. The molecule has 2 atom stereocenters. The predicted octanol–water partition coefficient (Wildman–Crippen LogP) is 5.36. The summed E-state index contributed by atoms with van der Waals surface area (Å²) in [7, 11) is 0. The van der Waals surface area contributed by atoms with Crippen molar-refractivity contribution in [2.45, 2.75) is 60.3 Å². The summed E-state index contributed by atoms with van der Waals surface area (Å²) in [6.45, 7) is 11.2. The molecule has 0 radical (unpaired) electrons. The van der Waals surface area contributed by atoms with E-state index in [2.05, 4.69) is 52.8 Å². The van der Waals surface area contributed by atoms with Crippen LogP contribution in [-0.2, 0) is 0 Å². The third kappa shape index (κ3) is 9.78. The van der Waals surface area contributed by atoms with Crippen molar-refractivity contribution in [2.75, 3.05) is 0 Å². The molecule has 0 nitrogen and oxygen atoms in total. The Labute approximate surface area is 96.5 Å². The van der Waals surface area contributed by atoms with Crippen molar-refractivity contribution in [3.8, 4) is 0 Å². The molecule has 0 saturated heterocycles. The van der Waals surface area contributed by atoms with E-state index in [4.69, 9.17) is 0 Å². The van der Waals surface area contributed by atoms with Gasteiger partial charge in [0.1, 0.15) is 0 Å². The molecule has 0 aliphatic carbocycles. The second kappa shape index (κ2) is 8.76. The summed E-state index contributed by atoms with van der Waals surface area (Å²) in [6, 6.07) is 0. The van der Waals surface area contributed by atoms with Crippen LogP contribution in [0.5, 0.6) is 0 Å². The number of hydrogen-bond donors (Lipinski definition) is 0. The average molecular weight is 208 g/mol. The Morgan fingerprint density at radius 3 is 2.40 bits per heavy atom. The minimum absolute atomic E-state index is 0.745. The Morgan fingerprint density at radius 1 is 1.20 bits per heavy atom. The summed E-state index contributed by atoms with van der Waals surface area (Å²) >= 11 is 0. The lowest BCUT2D eigenvalue weighted by atomic mass is 9.99. The summed E-state index contributed by atoms with van der Waals surface area (Å²) in [4.78, 5) is 0. The maximum Gasteiger partial charge on any atom is -0.0265 e. The van der Waals surface area contributed by atoms with Crippen molar-refractivity contribution in [3.63, 3.8) is 0 Å². The molecule has 0 bridgehead atoms. The fraction of sp³-hybridized carbons (Fsp3) is 0.733. The van der Waals surface area contributed by atoms with Gasteiger partial charge in [0.15, 0.2) is 0 Å². The van der Waals surface area contributed by atoms with E-state index in [1.54, 1.807) is 0 Å². The zero-order valence-corrected chi connectivity index (χ0v) is 11.2. The zero-order valence-electron chi connectivity index (χ0n) is 11.2. The molecule has 0 aromatic heterocycles. The molecule has 0 spiro atoms. The molecule has 0 fully saturated rings. The topological polar surface area (TPSA) is 0 Å². The third-order valence-corrected chi connectivity index (χ3v) is 2.86. The highest BCUT2D eigenvalue weighted by Crippen LogP contribution is 2.13. The first-order chi connectivity index (χ1) is 7.06. The van der Waals surface area contributed by atoms with Crippen LogP contribution in [0.25, 0.3) is 0 Å². The van der Waals surface area contributed by atoms with Crippen LogP contribution >= 0.6 is 0 Å². The first-order valence-corrected chi connectivity index (χ1v) is 6.36. The van der Waals surface area contributed by atoms with E-state index in [0.717, 1.165) is 11.8 Å². The smallest absolute Gasteiger partial charge is 0.0265 e. The van der Waals surface area contributed by atoms with Crippen LogP contribution in [0.1, 0.15) is 60.3 Å². The Hall–Kier alpha value is -0.520. The average Bonchev–Trinajstić information content (AvgIpc) is 2.17. The number of allylic oxidation sites excluding steroid dienone is 4. The van der Waals surface area contributed by atoms with Gasteiger partial charge in [0.2, 0.25) is 0 Å². The zero-order chi connectivity index (χ0) is 11.7. The van der Waals surface area contributed by atoms with Crippen LogP contribution in [-0.4, -0.2) is 0 Å². The fourth-order valence-corrected chi connectivity index (χ4v) is 1.45. The maximum atomic E-state index is 2.36. The minimum Gasteiger partial charge on any atom is -0.0880 e. The van der Waals surface area contributed by atoms with Crippen LogP contribution in [0.4, 0.5) is 0 Å². The first-order valence-electron chi connectivity index (χ1n) is 6.36. The Balaban J connectivity index is 3.61. The van der Waals surface area contributed by atoms with Crippen molar-refractivity contribution in [1.29, 1.82) is 0 Å². The SMILES string of the molecule is CCC(C)/C=C/CC(C)CCC=C(C)C. The second-order valence-electron chi connectivity index (χ2n) is 5.01. The number of hydrogen-bond acceptors (Lipinski definition) is 0. The largest absolute Gasteiger partial charge is 0.0880 e. The fourth-order valence-electron chi connectivity index (χ4n) is 1.45. The van der Waals surface area contributed by atoms with Crippen molar-refractivity contribution < 1.29 is 0 Å². The summed E-state index contributed by atoms with van der Waals surface area (Å²) < 4.78 is 0.